The van der Waals surface area contributed by atoms with Gasteiger partial charge in [-0.2, -0.15) is 10.2 Å². The molecule has 0 aliphatic rings. The van der Waals surface area contributed by atoms with E-state index in [2.05, 4.69) is 81.9 Å². The van der Waals surface area contributed by atoms with E-state index >= 15 is 0 Å². The number of aryl methyl sites for hydroxylation is 2. The van der Waals surface area contributed by atoms with Crippen molar-refractivity contribution >= 4 is 44.6 Å². The smallest absolute Gasteiger partial charge is 0.175 e. The lowest BCUT2D eigenvalue weighted by atomic mass is 10.1. The second-order valence-electron chi connectivity index (χ2n) is 7.82. The van der Waals surface area contributed by atoms with E-state index < -0.39 is 0 Å². The van der Waals surface area contributed by atoms with Crippen LogP contribution in [0.25, 0.3) is 0 Å². The molecule has 0 amide bonds. The summed E-state index contributed by atoms with van der Waals surface area (Å²) in [5.41, 5.74) is 7.35. The number of benzene rings is 2. The topological polar surface area (TPSA) is 59.7 Å². The largest absolute Gasteiger partial charge is 0.330 e. The molecule has 0 fully saturated rings. The van der Waals surface area contributed by atoms with Gasteiger partial charge in [0.15, 0.2) is 5.11 Å². The van der Waals surface area contributed by atoms with Gasteiger partial charge in [-0.1, -0.05) is 57.9 Å². The molecule has 0 unspecified atom stereocenters. The molecule has 2 N–H and O–H groups in total. The molecule has 0 atom stereocenters. The van der Waals surface area contributed by atoms with Crippen molar-refractivity contribution in [3.05, 3.63) is 93.5 Å². The van der Waals surface area contributed by atoms with Crippen molar-refractivity contribution in [2.24, 2.45) is 0 Å². The van der Waals surface area contributed by atoms with Crippen molar-refractivity contribution in [1.29, 1.82) is 0 Å². The zero-order valence-corrected chi connectivity index (χ0v) is 20.7. The van der Waals surface area contributed by atoms with Crippen LogP contribution in [0.5, 0.6) is 0 Å². The first-order valence-electron chi connectivity index (χ1n) is 10.3. The van der Waals surface area contributed by atoms with E-state index in [0.29, 0.717) is 11.7 Å². The Kier molecular flexibility index (Phi) is 6.72. The summed E-state index contributed by atoms with van der Waals surface area (Å²) in [5.74, 6) is 0. The Labute approximate surface area is 201 Å². The number of aromatic nitrogens is 4. The third kappa shape index (κ3) is 5.44. The summed E-state index contributed by atoms with van der Waals surface area (Å²) >= 11 is 9.00. The van der Waals surface area contributed by atoms with Crippen LogP contribution in [-0.4, -0.2) is 24.7 Å². The van der Waals surface area contributed by atoms with E-state index in [1.807, 2.05) is 34.6 Å². The SMILES string of the molecule is Cc1ccc(Cn2nc(C)c(NC(=S)Nc3cnn(Cc4ccc(Br)cc4)c3)c2C)cc1. The van der Waals surface area contributed by atoms with Gasteiger partial charge < -0.3 is 10.6 Å². The highest BCUT2D eigenvalue weighted by Gasteiger charge is 2.13. The van der Waals surface area contributed by atoms with Crippen molar-refractivity contribution in [3.8, 4) is 0 Å². The summed E-state index contributed by atoms with van der Waals surface area (Å²) in [6, 6.07) is 16.7. The fourth-order valence-electron chi connectivity index (χ4n) is 3.47. The minimum atomic E-state index is 0.509. The molecule has 0 spiro atoms. The standard InChI is InChI=1S/C24H25BrN6S/c1-16-4-6-20(7-5-16)14-31-18(3)23(17(2)29-31)28-24(32)27-22-12-26-30(15-22)13-19-8-10-21(25)11-9-19/h4-12,15H,13-14H2,1-3H3,(H2,27,28,32). The van der Waals surface area contributed by atoms with Crippen LogP contribution < -0.4 is 10.6 Å². The Balaban J connectivity index is 1.39. The van der Waals surface area contributed by atoms with Crippen LogP contribution in [0.3, 0.4) is 0 Å². The Morgan fingerprint density at radius 1 is 0.938 bits per heavy atom. The lowest BCUT2D eigenvalue weighted by molar-refractivity contribution is 0.659. The molecule has 6 nitrogen and oxygen atoms in total. The lowest BCUT2D eigenvalue weighted by Crippen LogP contribution is -2.19. The summed E-state index contributed by atoms with van der Waals surface area (Å²) in [6.07, 6.45) is 3.71. The van der Waals surface area contributed by atoms with Crippen LogP contribution in [-0.2, 0) is 13.1 Å². The van der Waals surface area contributed by atoms with Gasteiger partial charge >= 0.3 is 0 Å². The molecule has 0 aliphatic heterocycles. The van der Waals surface area contributed by atoms with Gasteiger partial charge in [0.2, 0.25) is 0 Å². The number of thiocarbonyl (C=S) groups is 1. The highest BCUT2D eigenvalue weighted by molar-refractivity contribution is 9.10. The van der Waals surface area contributed by atoms with Gasteiger partial charge in [0.1, 0.15) is 0 Å². The maximum atomic E-state index is 5.54. The van der Waals surface area contributed by atoms with Crippen LogP contribution in [0.1, 0.15) is 28.1 Å². The molecule has 0 saturated heterocycles. The van der Waals surface area contributed by atoms with E-state index in [4.69, 9.17) is 17.3 Å². The zero-order chi connectivity index (χ0) is 22.7. The summed E-state index contributed by atoms with van der Waals surface area (Å²) in [4.78, 5) is 0. The molecule has 164 valence electrons. The van der Waals surface area contributed by atoms with Gasteiger partial charge in [0.25, 0.3) is 0 Å². The van der Waals surface area contributed by atoms with Gasteiger partial charge in [0, 0.05) is 10.7 Å². The molecule has 2 heterocycles. The quantitative estimate of drug-likeness (QED) is 0.328. The van der Waals surface area contributed by atoms with Crippen LogP contribution in [0, 0.1) is 20.8 Å². The molecule has 2 aromatic heterocycles. The second kappa shape index (κ2) is 9.67. The van der Waals surface area contributed by atoms with Crippen molar-refractivity contribution in [3.63, 3.8) is 0 Å². The van der Waals surface area contributed by atoms with Gasteiger partial charge in [-0.05, 0) is 56.2 Å². The van der Waals surface area contributed by atoms with Crippen LogP contribution in [0.2, 0.25) is 0 Å². The van der Waals surface area contributed by atoms with Crippen molar-refractivity contribution in [1.82, 2.24) is 19.6 Å². The first-order valence-corrected chi connectivity index (χ1v) is 11.5. The molecule has 2 aromatic carbocycles. The average molecular weight is 509 g/mol. The van der Waals surface area contributed by atoms with Gasteiger partial charge in [-0.25, -0.2) is 0 Å². The van der Waals surface area contributed by atoms with Gasteiger partial charge in [0.05, 0.1) is 42.0 Å². The number of nitrogens with one attached hydrogen (secondary N) is 2. The Morgan fingerprint density at radius 3 is 2.31 bits per heavy atom. The summed E-state index contributed by atoms with van der Waals surface area (Å²) in [5, 5.41) is 16.1. The molecular formula is C24H25BrN6S. The summed E-state index contributed by atoms with van der Waals surface area (Å²) in [7, 11) is 0. The Hall–Kier alpha value is -2.97. The van der Waals surface area contributed by atoms with E-state index in [0.717, 1.165) is 33.8 Å². The molecule has 0 radical (unpaired) electrons. The first-order chi connectivity index (χ1) is 15.4. The minimum Gasteiger partial charge on any atom is -0.330 e. The average Bonchev–Trinajstić information content (AvgIpc) is 3.30. The predicted molar refractivity (Wildman–Crippen MR) is 137 cm³/mol. The van der Waals surface area contributed by atoms with Gasteiger partial charge in [-0.15, -0.1) is 0 Å². The highest BCUT2D eigenvalue weighted by atomic mass is 79.9. The maximum Gasteiger partial charge on any atom is 0.175 e. The summed E-state index contributed by atoms with van der Waals surface area (Å²) in [6.45, 7) is 7.54. The lowest BCUT2D eigenvalue weighted by Gasteiger charge is -2.10. The van der Waals surface area contributed by atoms with E-state index in [1.54, 1.807) is 6.20 Å². The third-order valence-corrected chi connectivity index (χ3v) is 5.95. The minimum absolute atomic E-state index is 0.509. The highest BCUT2D eigenvalue weighted by Crippen LogP contribution is 2.21. The number of rotatable bonds is 6. The van der Waals surface area contributed by atoms with Crippen LogP contribution in [0.15, 0.2) is 65.4 Å². The monoisotopic (exact) mass is 508 g/mol. The second-order valence-corrected chi connectivity index (χ2v) is 9.15. The van der Waals surface area contributed by atoms with E-state index in [9.17, 15) is 0 Å². The molecule has 0 bridgehead atoms. The number of nitrogens with zero attached hydrogens (tertiary/aromatic N) is 4. The fourth-order valence-corrected chi connectivity index (χ4v) is 3.95. The number of halogens is 1. The normalized spacial score (nSPS) is 10.9. The van der Waals surface area contributed by atoms with E-state index in [1.165, 1.54) is 16.7 Å². The molecular weight excluding hydrogens is 484 g/mol. The fraction of sp³-hybridized carbons (Fsp3) is 0.208. The van der Waals surface area contributed by atoms with Crippen molar-refractivity contribution in [2.45, 2.75) is 33.9 Å². The van der Waals surface area contributed by atoms with Crippen molar-refractivity contribution < 1.29 is 0 Å². The first kappa shape index (κ1) is 22.2. The molecule has 0 saturated carbocycles. The van der Waals surface area contributed by atoms with Crippen LogP contribution >= 0.6 is 28.1 Å². The molecule has 32 heavy (non-hydrogen) atoms. The summed E-state index contributed by atoms with van der Waals surface area (Å²) < 4.78 is 4.94. The maximum absolute atomic E-state index is 5.54. The molecule has 4 aromatic rings. The number of hydrogen-bond donors (Lipinski definition) is 2. The Morgan fingerprint density at radius 2 is 1.59 bits per heavy atom. The zero-order valence-electron chi connectivity index (χ0n) is 18.3. The van der Waals surface area contributed by atoms with Gasteiger partial charge in [-0.3, -0.25) is 9.36 Å². The number of anilines is 2. The van der Waals surface area contributed by atoms with Crippen molar-refractivity contribution in [2.75, 3.05) is 10.6 Å². The molecule has 0 aliphatic carbocycles. The third-order valence-electron chi connectivity index (χ3n) is 5.22. The number of hydrogen-bond acceptors (Lipinski definition) is 3. The predicted octanol–water partition coefficient (Wildman–Crippen LogP) is 5.67. The van der Waals surface area contributed by atoms with Crippen LogP contribution in [0.4, 0.5) is 11.4 Å². The Bertz CT molecular complexity index is 1220. The van der Waals surface area contributed by atoms with E-state index in [-0.39, 0.29) is 0 Å². The molecule has 8 heteroatoms. The molecule has 4 rings (SSSR count).